The molecule has 0 atom stereocenters. The Kier molecular flexibility index (Phi) is 3.26. The van der Waals surface area contributed by atoms with Crippen LogP contribution in [-0.2, 0) is 4.79 Å². The first kappa shape index (κ1) is 9.52. The predicted molar refractivity (Wildman–Crippen MR) is 57.6 cm³/mol. The van der Waals surface area contributed by atoms with Crippen molar-refractivity contribution < 1.29 is 6.22 Å². The molecule has 0 aliphatic carbocycles. The number of carbonyl (C=O) groups is 1. The van der Waals surface area contributed by atoms with Crippen molar-refractivity contribution in [2.75, 3.05) is 5.32 Å². The van der Waals surface area contributed by atoms with Crippen LogP contribution in [0.15, 0.2) is 30.8 Å². The van der Waals surface area contributed by atoms with Crippen molar-refractivity contribution in [3.8, 4) is 0 Å². The van der Waals surface area contributed by atoms with Crippen molar-refractivity contribution in [1.82, 2.24) is 0 Å². The second-order valence-electron chi connectivity index (χ2n) is 2.73. The van der Waals surface area contributed by atoms with E-state index in [0.717, 1.165) is 11.3 Å². The zero-order valence-electron chi connectivity index (χ0n) is 7.71. The van der Waals surface area contributed by atoms with E-state index in [1.165, 1.54) is 0 Å². The van der Waals surface area contributed by atoms with E-state index in [4.69, 9.17) is 0 Å². The molecule has 1 aromatic rings. The van der Waals surface area contributed by atoms with E-state index < -0.39 is 0 Å². The number of hydrogen-bond acceptors (Lipinski definition) is 1. The fraction of sp³-hybridized carbons (Fsp3) is 0.182. The standard InChI is InChI=1S/C11H13NO.H2/c1-3-9-5-7-10(8-6-9)12-11(13)4-2;/h3,5-8H,1,4H2,2H3,(H,12,13);1H. The van der Waals surface area contributed by atoms with E-state index in [9.17, 15) is 4.79 Å². The highest BCUT2D eigenvalue weighted by atomic mass is 16.1. The molecule has 0 aromatic heterocycles. The highest BCUT2D eigenvalue weighted by Gasteiger charge is 1.97. The van der Waals surface area contributed by atoms with E-state index in [0.29, 0.717) is 6.42 Å². The first-order valence-corrected chi connectivity index (χ1v) is 4.28. The van der Waals surface area contributed by atoms with Gasteiger partial charge in [0.1, 0.15) is 0 Å². The lowest BCUT2D eigenvalue weighted by atomic mass is 10.2. The second kappa shape index (κ2) is 4.45. The van der Waals surface area contributed by atoms with Crippen molar-refractivity contribution >= 4 is 17.7 Å². The van der Waals surface area contributed by atoms with Crippen molar-refractivity contribution in [3.63, 3.8) is 0 Å². The first-order chi connectivity index (χ1) is 6.26. The van der Waals surface area contributed by atoms with Crippen LogP contribution in [0.25, 0.3) is 6.08 Å². The van der Waals surface area contributed by atoms with Crippen LogP contribution in [0.5, 0.6) is 0 Å². The van der Waals surface area contributed by atoms with Crippen molar-refractivity contribution in [1.29, 1.82) is 0 Å². The number of carbonyl (C=O) groups excluding carboxylic acids is 1. The van der Waals surface area contributed by atoms with Gasteiger partial charge in [-0.2, -0.15) is 0 Å². The smallest absolute Gasteiger partial charge is 0.224 e. The van der Waals surface area contributed by atoms with Gasteiger partial charge < -0.3 is 5.32 Å². The minimum atomic E-state index is 0. The normalized spacial score (nSPS) is 9.31. The van der Waals surface area contributed by atoms with Crippen LogP contribution in [0.4, 0.5) is 5.69 Å². The number of hydrogen-bond donors (Lipinski definition) is 1. The minimum Gasteiger partial charge on any atom is -0.326 e. The number of benzene rings is 1. The summed E-state index contributed by atoms with van der Waals surface area (Å²) in [5.41, 5.74) is 1.88. The highest BCUT2D eigenvalue weighted by Crippen LogP contribution is 2.10. The summed E-state index contributed by atoms with van der Waals surface area (Å²) in [6, 6.07) is 7.56. The highest BCUT2D eigenvalue weighted by molar-refractivity contribution is 5.90. The Morgan fingerprint density at radius 3 is 2.62 bits per heavy atom. The van der Waals surface area contributed by atoms with E-state index >= 15 is 0 Å². The molecule has 1 N–H and O–H groups in total. The van der Waals surface area contributed by atoms with Gasteiger partial charge in [0.2, 0.25) is 5.91 Å². The van der Waals surface area contributed by atoms with Gasteiger partial charge in [-0.25, -0.2) is 0 Å². The molecule has 70 valence electrons. The molecule has 0 aliphatic heterocycles. The van der Waals surface area contributed by atoms with Crippen LogP contribution in [0, 0.1) is 0 Å². The summed E-state index contributed by atoms with van der Waals surface area (Å²) < 4.78 is 0. The van der Waals surface area contributed by atoms with Gasteiger partial charge in [0.25, 0.3) is 0 Å². The van der Waals surface area contributed by atoms with Gasteiger partial charge in [-0.15, -0.1) is 0 Å². The molecule has 0 heterocycles. The van der Waals surface area contributed by atoms with Gasteiger partial charge in [0, 0.05) is 13.5 Å². The maximum Gasteiger partial charge on any atom is 0.224 e. The molecule has 0 saturated carbocycles. The molecule has 2 heteroatoms. The van der Waals surface area contributed by atoms with Crippen molar-refractivity contribution in [3.05, 3.63) is 36.4 Å². The largest absolute Gasteiger partial charge is 0.326 e. The van der Waals surface area contributed by atoms with E-state index in [1.807, 2.05) is 31.2 Å². The van der Waals surface area contributed by atoms with Crippen molar-refractivity contribution in [2.24, 2.45) is 0 Å². The zero-order chi connectivity index (χ0) is 9.68. The number of nitrogens with one attached hydrogen (secondary N) is 1. The van der Waals surface area contributed by atoms with Gasteiger partial charge in [0.05, 0.1) is 0 Å². The third-order valence-corrected chi connectivity index (χ3v) is 1.75. The van der Waals surface area contributed by atoms with Gasteiger partial charge in [-0.1, -0.05) is 31.7 Å². The van der Waals surface area contributed by atoms with Crippen LogP contribution in [-0.4, -0.2) is 5.91 Å². The number of amides is 1. The number of anilines is 1. The van der Waals surface area contributed by atoms with Crippen LogP contribution < -0.4 is 5.32 Å². The number of rotatable bonds is 3. The maximum atomic E-state index is 11.0. The third kappa shape index (κ3) is 2.75. The summed E-state index contributed by atoms with van der Waals surface area (Å²) in [5.74, 6) is 0.0337. The molecule has 13 heavy (non-hydrogen) atoms. The predicted octanol–water partition coefficient (Wildman–Crippen LogP) is 2.92. The minimum absolute atomic E-state index is 0. The van der Waals surface area contributed by atoms with Crippen LogP contribution >= 0.6 is 0 Å². The fourth-order valence-corrected chi connectivity index (χ4v) is 0.952. The molecule has 0 spiro atoms. The Hall–Kier alpha value is -1.57. The average Bonchev–Trinajstić information content (AvgIpc) is 2.19. The molecule has 2 nitrogen and oxygen atoms in total. The summed E-state index contributed by atoms with van der Waals surface area (Å²) in [5, 5.41) is 2.77. The lowest BCUT2D eigenvalue weighted by molar-refractivity contribution is -0.115. The first-order valence-electron chi connectivity index (χ1n) is 4.28. The molecule has 0 aliphatic rings. The van der Waals surface area contributed by atoms with Gasteiger partial charge >= 0.3 is 0 Å². The molecule has 0 radical (unpaired) electrons. The molecule has 1 amide bonds. The van der Waals surface area contributed by atoms with Crippen LogP contribution in [0.3, 0.4) is 0 Å². The van der Waals surface area contributed by atoms with Gasteiger partial charge in [-0.3, -0.25) is 4.79 Å². The topological polar surface area (TPSA) is 29.1 Å². The molecule has 0 fully saturated rings. The van der Waals surface area contributed by atoms with E-state index in [1.54, 1.807) is 6.08 Å². The summed E-state index contributed by atoms with van der Waals surface area (Å²) in [4.78, 5) is 11.0. The molecule has 0 bridgehead atoms. The molecule has 0 saturated heterocycles. The van der Waals surface area contributed by atoms with Crippen LogP contribution in [0.1, 0.15) is 20.3 Å². The summed E-state index contributed by atoms with van der Waals surface area (Å²) in [7, 11) is 0. The average molecular weight is 177 g/mol. The Balaban J connectivity index is 0.00000169. The molecule has 1 rings (SSSR count). The lowest BCUT2D eigenvalue weighted by Crippen LogP contribution is -2.08. The molecular weight excluding hydrogens is 162 g/mol. The van der Waals surface area contributed by atoms with Gasteiger partial charge in [-0.05, 0) is 17.7 Å². The Morgan fingerprint density at radius 2 is 2.15 bits per heavy atom. The molecule has 0 unspecified atom stereocenters. The lowest BCUT2D eigenvalue weighted by Gasteiger charge is -2.02. The molecular formula is C11H15NO. The van der Waals surface area contributed by atoms with Crippen molar-refractivity contribution in [2.45, 2.75) is 13.3 Å². The Bertz CT molecular complexity index is 306. The SMILES string of the molecule is C=Cc1ccc(NC(=O)CC)cc1.[HH]. The van der Waals surface area contributed by atoms with E-state index in [-0.39, 0.29) is 7.33 Å². The van der Waals surface area contributed by atoms with E-state index in [2.05, 4.69) is 11.9 Å². The Labute approximate surface area is 79.8 Å². The summed E-state index contributed by atoms with van der Waals surface area (Å²) >= 11 is 0. The fourth-order valence-electron chi connectivity index (χ4n) is 0.952. The quantitative estimate of drug-likeness (QED) is 0.755. The zero-order valence-corrected chi connectivity index (χ0v) is 7.71. The molecule has 1 aromatic carbocycles. The second-order valence-corrected chi connectivity index (χ2v) is 2.73. The summed E-state index contributed by atoms with van der Waals surface area (Å²) in [6.45, 7) is 5.48. The Morgan fingerprint density at radius 1 is 1.54 bits per heavy atom. The van der Waals surface area contributed by atoms with Crippen LogP contribution in [0.2, 0.25) is 0 Å². The van der Waals surface area contributed by atoms with Gasteiger partial charge in [0.15, 0.2) is 0 Å². The summed E-state index contributed by atoms with van der Waals surface area (Å²) in [6.07, 6.45) is 2.27. The third-order valence-electron chi connectivity index (χ3n) is 1.75. The monoisotopic (exact) mass is 177 g/mol. The maximum absolute atomic E-state index is 11.0.